The van der Waals surface area contributed by atoms with Gasteiger partial charge in [0.05, 0.1) is 17.7 Å². The van der Waals surface area contributed by atoms with Crippen molar-refractivity contribution in [2.24, 2.45) is 0 Å². The second kappa shape index (κ2) is 7.73. The lowest BCUT2D eigenvalue weighted by atomic mass is 9.84. The van der Waals surface area contributed by atoms with E-state index >= 15 is 0 Å². The van der Waals surface area contributed by atoms with E-state index in [2.05, 4.69) is 15.4 Å². The van der Waals surface area contributed by atoms with Crippen molar-refractivity contribution in [2.75, 3.05) is 12.4 Å². The third-order valence-corrected chi connectivity index (χ3v) is 6.14. The SMILES string of the molecule is COc1ccc([C@H]2C3=C(Nc4ncnn42)c2ccccc2O[C@@H]3c2cccc([N+](=O)[O-])c2)cc1. The van der Waals surface area contributed by atoms with Crippen LogP contribution >= 0.6 is 0 Å². The van der Waals surface area contributed by atoms with Gasteiger partial charge in [0.15, 0.2) is 0 Å². The van der Waals surface area contributed by atoms with Gasteiger partial charge in [0, 0.05) is 28.8 Å². The van der Waals surface area contributed by atoms with Crippen LogP contribution in [0.5, 0.6) is 11.5 Å². The molecule has 2 atom stereocenters. The lowest BCUT2D eigenvalue weighted by Gasteiger charge is -2.38. The molecule has 0 radical (unpaired) electrons. The molecule has 3 heterocycles. The van der Waals surface area contributed by atoms with Crippen molar-refractivity contribution in [1.29, 1.82) is 0 Å². The molecule has 0 spiro atoms. The Morgan fingerprint density at radius 2 is 1.88 bits per heavy atom. The Labute approximate surface area is 194 Å². The van der Waals surface area contributed by atoms with Gasteiger partial charge in [0.1, 0.15) is 30.0 Å². The number of anilines is 1. The van der Waals surface area contributed by atoms with E-state index in [0.29, 0.717) is 17.3 Å². The average molecular weight is 453 g/mol. The van der Waals surface area contributed by atoms with E-state index < -0.39 is 11.0 Å². The summed E-state index contributed by atoms with van der Waals surface area (Å²) >= 11 is 0. The van der Waals surface area contributed by atoms with Crippen LogP contribution in [-0.4, -0.2) is 26.8 Å². The fourth-order valence-corrected chi connectivity index (χ4v) is 4.60. The fourth-order valence-electron chi connectivity index (χ4n) is 4.60. The average Bonchev–Trinajstić information content (AvgIpc) is 3.35. The van der Waals surface area contributed by atoms with Crippen LogP contribution in [0.15, 0.2) is 84.7 Å². The molecule has 0 unspecified atom stereocenters. The van der Waals surface area contributed by atoms with Gasteiger partial charge in [-0.1, -0.05) is 36.4 Å². The Morgan fingerprint density at radius 3 is 2.68 bits per heavy atom. The standard InChI is InChI=1S/C25H19N5O4/c1-33-18-11-9-15(10-12-18)23-21-22(28-25-26-14-27-29(23)25)19-7-2-3-8-20(19)34-24(21)16-5-4-6-17(13-16)30(31)32/h2-14,23-24H,1H3,(H,26,27,28)/t23-,24+/m0/s1. The summed E-state index contributed by atoms with van der Waals surface area (Å²) in [5, 5.41) is 19.4. The minimum absolute atomic E-state index is 0.00770. The summed E-state index contributed by atoms with van der Waals surface area (Å²) in [7, 11) is 1.62. The highest BCUT2D eigenvalue weighted by Crippen LogP contribution is 2.50. The van der Waals surface area contributed by atoms with E-state index in [4.69, 9.17) is 9.47 Å². The van der Waals surface area contributed by atoms with Gasteiger partial charge in [-0.2, -0.15) is 10.1 Å². The van der Waals surface area contributed by atoms with Crippen molar-refractivity contribution in [3.63, 3.8) is 0 Å². The lowest BCUT2D eigenvalue weighted by Crippen LogP contribution is -2.32. The zero-order valence-electron chi connectivity index (χ0n) is 18.1. The molecule has 2 aliphatic heterocycles. The van der Waals surface area contributed by atoms with Crippen molar-refractivity contribution < 1.29 is 14.4 Å². The predicted octanol–water partition coefficient (Wildman–Crippen LogP) is 4.75. The van der Waals surface area contributed by atoms with E-state index in [1.807, 2.05) is 59.3 Å². The summed E-state index contributed by atoms with van der Waals surface area (Å²) in [6.45, 7) is 0. The summed E-state index contributed by atoms with van der Waals surface area (Å²) in [6, 6.07) is 21.7. The van der Waals surface area contributed by atoms with Crippen LogP contribution in [-0.2, 0) is 0 Å². The molecule has 9 nitrogen and oxygen atoms in total. The molecule has 0 fully saturated rings. The number of ether oxygens (including phenoxy) is 2. The van der Waals surface area contributed by atoms with Gasteiger partial charge in [-0.15, -0.1) is 0 Å². The largest absolute Gasteiger partial charge is 0.497 e. The van der Waals surface area contributed by atoms with Crippen LogP contribution in [0.3, 0.4) is 0 Å². The number of nitro benzene ring substituents is 1. The van der Waals surface area contributed by atoms with Gasteiger partial charge in [0.2, 0.25) is 5.95 Å². The molecule has 1 N–H and O–H groups in total. The molecule has 34 heavy (non-hydrogen) atoms. The quantitative estimate of drug-likeness (QED) is 0.351. The van der Waals surface area contributed by atoms with Crippen LogP contribution in [0, 0.1) is 10.1 Å². The summed E-state index contributed by atoms with van der Waals surface area (Å²) in [6.07, 6.45) is 0.925. The summed E-state index contributed by atoms with van der Waals surface area (Å²) in [4.78, 5) is 15.5. The molecule has 9 heteroatoms. The van der Waals surface area contributed by atoms with Gasteiger partial charge in [-0.3, -0.25) is 10.1 Å². The van der Waals surface area contributed by atoms with Gasteiger partial charge in [-0.05, 0) is 29.8 Å². The summed E-state index contributed by atoms with van der Waals surface area (Å²) in [5.74, 6) is 2.03. The highest BCUT2D eigenvalue weighted by atomic mass is 16.6. The number of rotatable bonds is 4. The van der Waals surface area contributed by atoms with Crippen LogP contribution < -0.4 is 14.8 Å². The maximum Gasteiger partial charge on any atom is 0.269 e. The number of fused-ring (bicyclic) bond motifs is 3. The molecular weight excluding hydrogens is 434 g/mol. The monoisotopic (exact) mass is 453 g/mol. The van der Waals surface area contributed by atoms with Gasteiger partial charge in [0.25, 0.3) is 5.69 Å². The van der Waals surface area contributed by atoms with Crippen molar-refractivity contribution in [2.45, 2.75) is 12.1 Å². The number of benzene rings is 3. The van der Waals surface area contributed by atoms with E-state index in [-0.39, 0.29) is 11.7 Å². The van der Waals surface area contributed by atoms with Gasteiger partial charge >= 0.3 is 0 Å². The van der Waals surface area contributed by atoms with Gasteiger partial charge < -0.3 is 14.8 Å². The normalized spacial score (nSPS) is 18.1. The predicted molar refractivity (Wildman–Crippen MR) is 125 cm³/mol. The van der Waals surface area contributed by atoms with Crippen LogP contribution in [0.4, 0.5) is 11.6 Å². The third kappa shape index (κ3) is 3.09. The molecule has 0 saturated heterocycles. The first-order valence-corrected chi connectivity index (χ1v) is 10.7. The number of nitro groups is 1. The van der Waals surface area contributed by atoms with Crippen LogP contribution in [0.1, 0.15) is 28.8 Å². The zero-order chi connectivity index (χ0) is 23.2. The highest BCUT2D eigenvalue weighted by molar-refractivity contribution is 5.85. The van der Waals surface area contributed by atoms with Crippen molar-refractivity contribution in [3.05, 3.63) is 112 Å². The number of nitrogens with one attached hydrogen (secondary N) is 1. The van der Waals surface area contributed by atoms with Gasteiger partial charge in [-0.25, -0.2) is 4.68 Å². The molecular formula is C25H19N5O4. The molecule has 0 saturated carbocycles. The molecule has 0 bridgehead atoms. The van der Waals surface area contributed by atoms with E-state index in [0.717, 1.165) is 28.1 Å². The van der Waals surface area contributed by atoms with E-state index in [1.54, 1.807) is 19.2 Å². The number of aromatic nitrogens is 3. The Morgan fingerprint density at radius 1 is 1.06 bits per heavy atom. The van der Waals surface area contributed by atoms with Crippen LogP contribution in [0.2, 0.25) is 0 Å². The number of methoxy groups -OCH3 is 1. The van der Waals surface area contributed by atoms with Crippen molar-refractivity contribution in [1.82, 2.24) is 14.8 Å². The molecule has 6 rings (SSSR count). The maximum atomic E-state index is 11.5. The number of para-hydroxylation sites is 1. The third-order valence-electron chi connectivity index (χ3n) is 6.14. The Balaban J connectivity index is 1.60. The van der Waals surface area contributed by atoms with Crippen LogP contribution in [0.25, 0.3) is 5.70 Å². The van der Waals surface area contributed by atoms with E-state index in [1.165, 1.54) is 12.4 Å². The Bertz CT molecular complexity index is 1440. The molecule has 1 aromatic heterocycles. The lowest BCUT2D eigenvalue weighted by molar-refractivity contribution is -0.385. The fraction of sp³-hybridized carbons (Fsp3) is 0.120. The summed E-state index contributed by atoms with van der Waals surface area (Å²) in [5.41, 5.74) is 4.29. The zero-order valence-corrected chi connectivity index (χ0v) is 18.1. The molecule has 4 aromatic rings. The second-order valence-corrected chi connectivity index (χ2v) is 8.01. The van der Waals surface area contributed by atoms with Crippen molar-refractivity contribution >= 4 is 17.3 Å². The Kier molecular flexibility index (Phi) is 4.54. The number of non-ortho nitro benzene ring substituents is 1. The molecule has 3 aromatic carbocycles. The first-order chi connectivity index (χ1) is 16.6. The highest BCUT2D eigenvalue weighted by Gasteiger charge is 2.41. The first-order valence-electron chi connectivity index (χ1n) is 10.7. The number of hydrogen-bond donors (Lipinski definition) is 1. The Hall–Kier alpha value is -4.66. The minimum atomic E-state index is -0.582. The van der Waals surface area contributed by atoms with Crippen molar-refractivity contribution in [3.8, 4) is 11.5 Å². The first kappa shape index (κ1) is 20.0. The molecule has 0 aliphatic carbocycles. The molecule has 2 aliphatic rings. The minimum Gasteiger partial charge on any atom is -0.497 e. The summed E-state index contributed by atoms with van der Waals surface area (Å²) < 4.78 is 13.7. The maximum absolute atomic E-state index is 11.5. The smallest absolute Gasteiger partial charge is 0.269 e. The van der Waals surface area contributed by atoms with E-state index in [9.17, 15) is 10.1 Å². The number of hydrogen-bond acceptors (Lipinski definition) is 7. The topological polar surface area (TPSA) is 104 Å². The second-order valence-electron chi connectivity index (χ2n) is 8.01. The number of nitrogens with zero attached hydrogens (tertiary/aromatic N) is 4. The molecule has 0 amide bonds. The molecule has 168 valence electrons.